The van der Waals surface area contributed by atoms with Crippen molar-refractivity contribution in [1.29, 1.82) is 0 Å². The molecule has 110 valence electrons. The lowest BCUT2D eigenvalue weighted by molar-refractivity contribution is 0.937. The van der Waals surface area contributed by atoms with Crippen molar-refractivity contribution >= 4 is 50.9 Å². The van der Waals surface area contributed by atoms with Gasteiger partial charge in [0.1, 0.15) is 0 Å². The Hall–Kier alpha value is -1.08. The van der Waals surface area contributed by atoms with E-state index in [1.807, 2.05) is 0 Å². The summed E-state index contributed by atoms with van der Waals surface area (Å²) >= 11 is 4.74. The van der Waals surface area contributed by atoms with Gasteiger partial charge in [-0.2, -0.15) is 0 Å². The highest BCUT2D eigenvalue weighted by Crippen LogP contribution is 2.29. The zero-order valence-corrected chi connectivity index (χ0v) is 16.2. The van der Waals surface area contributed by atoms with Gasteiger partial charge in [-0.3, -0.25) is 0 Å². The quantitative estimate of drug-likeness (QED) is 0.418. The second-order valence-electron chi connectivity index (χ2n) is 5.02. The molecule has 1 N–H and O–H groups in total. The molecule has 0 radical (unpaired) electrons. The minimum absolute atomic E-state index is 0.149. The second kappa shape index (κ2) is 7.46. The Morgan fingerprint density at radius 2 is 1.23 bits per heavy atom. The third-order valence-corrected chi connectivity index (χ3v) is 5.06. The van der Waals surface area contributed by atoms with Gasteiger partial charge in [0.25, 0.3) is 0 Å². The van der Waals surface area contributed by atoms with E-state index in [1.54, 1.807) is 0 Å². The monoisotopic (exact) mass is 511 g/mol. The largest absolute Gasteiger partial charge is 0.373 e. The molecular formula is C19H15I2N. The van der Waals surface area contributed by atoms with Crippen LogP contribution in [0.25, 0.3) is 0 Å². The average molecular weight is 511 g/mol. The van der Waals surface area contributed by atoms with Crippen molar-refractivity contribution in [2.75, 3.05) is 5.32 Å². The molecule has 22 heavy (non-hydrogen) atoms. The normalized spacial score (nSPS) is 10.7. The topological polar surface area (TPSA) is 12.0 Å². The second-order valence-corrected chi connectivity index (χ2v) is 7.43. The lowest BCUT2D eigenvalue weighted by Gasteiger charge is -2.22. The van der Waals surface area contributed by atoms with Crippen molar-refractivity contribution in [1.82, 2.24) is 0 Å². The molecule has 3 heteroatoms. The summed E-state index contributed by atoms with van der Waals surface area (Å²) < 4.78 is 2.49. The number of rotatable bonds is 4. The molecule has 3 aromatic rings. The number of halogens is 2. The van der Waals surface area contributed by atoms with E-state index in [9.17, 15) is 0 Å². The first-order chi connectivity index (χ1) is 10.7. The average Bonchev–Trinajstić information content (AvgIpc) is 2.56. The smallest absolute Gasteiger partial charge is 0.0767 e. The predicted molar refractivity (Wildman–Crippen MR) is 110 cm³/mol. The van der Waals surface area contributed by atoms with Crippen LogP contribution < -0.4 is 5.32 Å². The van der Waals surface area contributed by atoms with Crippen molar-refractivity contribution in [3.63, 3.8) is 0 Å². The van der Waals surface area contributed by atoms with Gasteiger partial charge in [-0.25, -0.2) is 0 Å². The van der Waals surface area contributed by atoms with E-state index in [-0.39, 0.29) is 6.04 Å². The molecule has 0 aliphatic heterocycles. The number of benzene rings is 3. The molecule has 1 nitrogen and oxygen atoms in total. The Balaban J connectivity index is 1.99. The molecule has 0 spiro atoms. The summed E-state index contributed by atoms with van der Waals surface area (Å²) in [5.74, 6) is 0. The minimum atomic E-state index is 0.149. The fourth-order valence-corrected chi connectivity index (χ4v) is 4.17. The van der Waals surface area contributed by atoms with Crippen LogP contribution in [-0.4, -0.2) is 0 Å². The molecule has 0 amide bonds. The molecule has 0 aliphatic rings. The lowest BCUT2D eigenvalue weighted by atomic mass is 9.98. The van der Waals surface area contributed by atoms with E-state index < -0.39 is 0 Å². The molecule has 0 atom stereocenters. The van der Waals surface area contributed by atoms with Gasteiger partial charge in [0.2, 0.25) is 0 Å². The number of anilines is 1. The van der Waals surface area contributed by atoms with Crippen LogP contribution in [0.15, 0.2) is 78.9 Å². The summed E-state index contributed by atoms with van der Waals surface area (Å²) in [5.41, 5.74) is 3.70. The number of hydrogen-bond acceptors (Lipinski definition) is 1. The molecular weight excluding hydrogens is 496 g/mol. The predicted octanol–water partition coefficient (Wildman–Crippen LogP) is 6.10. The first-order valence-electron chi connectivity index (χ1n) is 7.05. The van der Waals surface area contributed by atoms with Crippen LogP contribution in [0.3, 0.4) is 0 Å². The van der Waals surface area contributed by atoms with Crippen LogP contribution in [0.1, 0.15) is 17.2 Å². The third-order valence-electron chi connectivity index (χ3n) is 3.50. The third kappa shape index (κ3) is 3.81. The molecule has 0 heterocycles. The van der Waals surface area contributed by atoms with Gasteiger partial charge in [-0.15, -0.1) is 0 Å². The van der Waals surface area contributed by atoms with Crippen molar-refractivity contribution < 1.29 is 0 Å². The van der Waals surface area contributed by atoms with E-state index in [1.165, 1.54) is 24.0 Å². The molecule has 0 saturated carbocycles. The maximum Gasteiger partial charge on any atom is 0.0767 e. The maximum absolute atomic E-state index is 3.70. The Labute approximate surface area is 158 Å². The summed E-state index contributed by atoms with van der Waals surface area (Å²) in [6, 6.07) is 27.8. The molecule has 3 aromatic carbocycles. The zero-order valence-electron chi connectivity index (χ0n) is 11.8. The SMILES string of the molecule is Ic1ccc(NC(c2ccccc2)c2ccccc2)c(I)c1. The van der Waals surface area contributed by atoms with Gasteiger partial charge < -0.3 is 5.32 Å². The van der Waals surface area contributed by atoms with Crippen LogP contribution in [0, 0.1) is 7.14 Å². The molecule has 0 fully saturated rings. The number of hydrogen-bond donors (Lipinski definition) is 1. The molecule has 0 saturated heterocycles. The first-order valence-corrected chi connectivity index (χ1v) is 9.21. The number of nitrogens with one attached hydrogen (secondary N) is 1. The molecule has 3 rings (SSSR count). The van der Waals surface area contributed by atoms with Crippen LogP contribution >= 0.6 is 45.2 Å². The summed E-state index contributed by atoms with van der Waals surface area (Å²) in [7, 11) is 0. The van der Waals surface area contributed by atoms with E-state index in [0.29, 0.717) is 0 Å². The Kier molecular flexibility index (Phi) is 5.36. The Morgan fingerprint density at radius 3 is 1.73 bits per heavy atom. The highest BCUT2D eigenvalue weighted by molar-refractivity contribution is 14.1. The van der Waals surface area contributed by atoms with Crippen LogP contribution in [0.2, 0.25) is 0 Å². The Bertz CT molecular complexity index is 702. The summed E-state index contributed by atoms with van der Waals surface area (Å²) in [4.78, 5) is 0. The van der Waals surface area contributed by atoms with Crippen LogP contribution in [0.4, 0.5) is 5.69 Å². The molecule has 0 bridgehead atoms. The molecule has 0 aliphatic carbocycles. The van der Waals surface area contributed by atoms with Gasteiger partial charge in [-0.05, 0) is 74.5 Å². The van der Waals surface area contributed by atoms with Crippen LogP contribution in [0.5, 0.6) is 0 Å². The summed E-state index contributed by atoms with van der Waals surface area (Å²) in [6.45, 7) is 0. The van der Waals surface area contributed by atoms with E-state index in [4.69, 9.17) is 0 Å². The minimum Gasteiger partial charge on any atom is -0.373 e. The van der Waals surface area contributed by atoms with Crippen molar-refractivity contribution in [2.45, 2.75) is 6.04 Å². The van der Waals surface area contributed by atoms with Crippen molar-refractivity contribution in [2.24, 2.45) is 0 Å². The lowest BCUT2D eigenvalue weighted by Crippen LogP contribution is -2.13. The van der Waals surface area contributed by atoms with Gasteiger partial charge in [0.05, 0.1) is 6.04 Å². The van der Waals surface area contributed by atoms with Gasteiger partial charge in [0.15, 0.2) is 0 Å². The van der Waals surface area contributed by atoms with Crippen molar-refractivity contribution in [3.8, 4) is 0 Å². The highest BCUT2D eigenvalue weighted by Gasteiger charge is 2.14. The zero-order chi connectivity index (χ0) is 15.4. The van der Waals surface area contributed by atoms with Gasteiger partial charge in [-0.1, -0.05) is 60.7 Å². The maximum atomic E-state index is 3.70. The molecule has 0 unspecified atom stereocenters. The molecule has 0 aromatic heterocycles. The van der Waals surface area contributed by atoms with Gasteiger partial charge in [0, 0.05) is 12.8 Å². The first kappa shape index (κ1) is 15.8. The summed E-state index contributed by atoms with van der Waals surface area (Å²) in [5, 5.41) is 3.70. The fourth-order valence-electron chi connectivity index (χ4n) is 2.41. The summed E-state index contributed by atoms with van der Waals surface area (Å²) in [6.07, 6.45) is 0. The standard InChI is InChI=1S/C19H15I2N/c20-16-11-12-18(17(21)13-16)22-19(14-7-3-1-4-8-14)15-9-5-2-6-10-15/h1-13,19,22H. The van der Waals surface area contributed by atoms with Crippen LogP contribution in [-0.2, 0) is 0 Å². The van der Waals surface area contributed by atoms with E-state index >= 15 is 0 Å². The van der Waals surface area contributed by atoms with E-state index in [0.717, 1.165) is 0 Å². The van der Waals surface area contributed by atoms with E-state index in [2.05, 4.69) is 129 Å². The Morgan fingerprint density at radius 1 is 0.682 bits per heavy atom. The fraction of sp³-hybridized carbons (Fsp3) is 0.0526. The van der Waals surface area contributed by atoms with Gasteiger partial charge >= 0.3 is 0 Å². The van der Waals surface area contributed by atoms with Crippen molar-refractivity contribution in [3.05, 3.63) is 97.1 Å². The highest BCUT2D eigenvalue weighted by atomic mass is 127.